The second kappa shape index (κ2) is 10.6. The van der Waals surface area contributed by atoms with Gasteiger partial charge < -0.3 is 24.8 Å². The summed E-state index contributed by atoms with van der Waals surface area (Å²) >= 11 is 0. The topological polar surface area (TPSA) is 114 Å². The highest BCUT2D eigenvalue weighted by Gasteiger charge is 2.17. The molecular weight excluding hydrogens is 408 g/mol. The van der Waals surface area contributed by atoms with Crippen LogP contribution in [-0.2, 0) is 6.42 Å². The van der Waals surface area contributed by atoms with Gasteiger partial charge in [-0.25, -0.2) is 4.98 Å². The van der Waals surface area contributed by atoms with Crippen LogP contribution in [0.2, 0.25) is 0 Å². The van der Waals surface area contributed by atoms with Crippen LogP contribution in [0.4, 0.5) is 5.82 Å². The van der Waals surface area contributed by atoms with Crippen LogP contribution in [0.3, 0.4) is 0 Å². The average Bonchev–Trinajstić information content (AvgIpc) is 3.26. The Kier molecular flexibility index (Phi) is 7.82. The monoisotopic (exact) mass is 440 g/mol. The molecule has 0 fully saturated rings. The molecule has 0 bridgehead atoms. The summed E-state index contributed by atoms with van der Waals surface area (Å²) in [6.07, 6.45) is -0.185. The molecule has 0 aliphatic carbocycles. The van der Waals surface area contributed by atoms with Crippen LogP contribution in [0.25, 0.3) is 22.8 Å². The molecular formula is C24H32N4O4. The maximum Gasteiger partial charge on any atom is 0.258 e. The fraction of sp³-hybridized carbons (Fsp3) is 0.458. The standard InChI is InChI=1S/C24H32N4O4/c1-6-17-9-19(7-15(4)22(17)31-13-20(30)12-29)24-27-23(28-32-24)18-8-16(5)26-21(10-18)25-11-14(2)3/h7-10,14,20,29-30H,6,11-13H2,1-5H3,(H,25,26)/t20-/m1/s1. The van der Waals surface area contributed by atoms with Crippen LogP contribution in [0, 0.1) is 19.8 Å². The van der Waals surface area contributed by atoms with Crippen molar-refractivity contribution in [3.63, 3.8) is 0 Å². The molecule has 8 heteroatoms. The van der Waals surface area contributed by atoms with Crippen molar-refractivity contribution < 1.29 is 19.5 Å². The summed E-state index contributed by atoms with van der Waals surface area (Å²) < 4.78 is 11.3. The summed E-state index contributed by atoms with van der Waals surface area (Å²) in [5, 5.41) is 26.1. The molecule has 8 nitrogen and oxygen atoms in total. The summed E-state index contributed by atoms with van der Waals surface area (Å²) in [7, 11) is 0. The highest BCUT2D eigenvalue weighted by Crippen LogP contribution is 2.32. The number of ether oxygens (including phenoxy) is 1. The van der Waals surface area contributed by atoms with Crippen LogP contribution >= 0.6 is 0 Å². The van der Waals surface area contributed by atoms with Gasteiger partial charge in [0.15, 0.2) is 0 Å². The summed E-state index contributed by atoms with van der Waals surface area (Å²) in [5.41, 5.74) is 4.37. The zero-order valence-corrected chi connectivity index (χ0v) is 19.3. The van der Waals surface area contributed by atoms with Gasteiger partial charge in [0.2, 0.25) is 5.82 Å². The number of pyridine rings is 1. The fourth-order valence-electron chi connectivity index (χ4n) is 3.33. The molecule has 0 spiro atoms. The van der Waals surface area contributed by atoms with E-state index in [1.165, 1.54) is 0 Å². The van der Waals surface area contributed by atoms with Crippen molar-refractivity contribution in [3.8, 4) is 28.6 Å². The molecule has 0 aliphatic rings. The predicted octanol–water partition coefficient (Wildman–Crippen LogP) is 3.78. The fourth-order valence-corrected chi connectivity index (χ4v) is 3.33. The summed E-state index contributed by atoms with van der Waals surface area (Å²) in [6.45, 7) is 10.7. The van der Waals surface area contributed by atoms with Crippen LogP contribution in [-0.4, -0.2) is 51.2 Å². The van der Waals surface area contributed by atoms with Gasteiger partial charge in [0.25, 0.3) is 5.89 Å². The highest BCUT2D eigenvalue weighted by molar-refractivity contribution is 5.65. The zero-order chi connectivity index (χ0) is 23.3. The van der Waals surface area contributed by atoms with Crippen molar-refractivity contribution in [2.75, 3.05) is 25.1 Å². The second-order valence-corrected chi connectivity index (χ2v) is 8.36. The first kappa shape index (κ1) is 23.7. The summed E-state index contributed by atoms with van der Waals surface area (Å²) in [5.74, 6) is 2.92. The first-order valence-corrected chi connectivity index (χ1v) is 10.9. The van der Waals surface area contributed by atoms with Gasteiger partial charge in [0, 0.05) is 23.4 Å². The molecule has 0 aliphatic heterocycles. The molecule has 32 heavy (non-hydrogen) atoms. The van der Waals surface area contributed by atoms with Crippen LogP contribution < -0.4 is 10.1 Å². The molecule has 0 saturated heterocycles. The van der Waals surface area contributed by atoms with E-state index in [1.807, 2.05) is 45.0 Å². The first-order chi connectivity index (χ1) is 15.3. The number of aliphatic hydroxyl groups is 2. The first-order valence-electron chi connectivity index (χ1n) is 10.9. The van der Waals surface area contributed by atoms with Gasteiger partial charge in [-0.3, -0.25) is 0 Å². The lowest BCUT2D eigenvalue weighted by atomic mass is 10.0. The van der Waals surface area contributed by atoms with Crippen LogP contribution in [0.1, 0.15) is 37.6 Å². The van der Waals surface area contributed by atoms with Crippen molar-refractivity contribution in [2.24, 2.45) is 5.92 Å². The minimum absolute atomic E-state index is 0.0307. The van der Waals surface area contributed by atoms with E-state index in [2.05, 4.69) is 34.3 Å². The molecule has 2 heterocycles. The Hall–Kier alpha value is -2.97. The second-order valence-electron chi connectivity index (χ2n) is 8.36. The molecule has 3 N–H and O–H groups in total. The van der Waals surface area contributed by atoms with Gasteiger partial charge in [-0.15, -0.1) is 0 Å². The molecule has 172 valence electrons. The molecule has 0 saturated carbocycles. The number of nitrogens with zero attached hydrogens (tertiary/aromatic N) is 3. The van der Waals surface area contributed by atoms with Crippen LogP contribution in [0.5, 0.6) is 5.75 Å². The van der Waals surface area contributed by atoms with Crippen molar-refractivity contribution in [3.05, 3.63) is 41.1 Å². The zero-order valence-electron chi connectivity index (χ0n) is 19.3. The predicted molar refractivity (Wildman–Crippen MR) is 124 cm³/mol. The number of benzene rings is 1. The van der Waals surface area contributed by atoms with Gasteiger partial charge >= 0.3 is 0 Å². The van der Waals surface area contributed by atoms with Gasteiger partial charge in [0.1, 0.15) is 24.3 Å². The van der Waals surface area contributed by atoms with E-state index < -0.39 is 6.10 Å². The van der Waals surface area contributed by atoms with E-state index in [0.29, 0.717) is 23.4 Å². The third kappa shape index (κ3) is 5.83. The lowest BCUT2D eigenvalue weighted by molar-refractivity contribution is 0.0531. The lowest BCUT2D eigenvalue weighted by Crippen LogP contribution is -2.22. The van der Waals surface area contributed by atoms with Gasteiger partial charge in [-0.2, -0.15) is 4.98 Å². The average molecular weight is 441 g/mol. The number of aryl methyl sites for hydroxylation is 3. The normalized spacial score (nSPS) is 12.2. The molecule has 3 rings (SSSR count). The summed E-state index contributed by atoms with van der Waals surface area (Å²) in [6, 6.07) is 7.74. The third-order valence-electron chi connectivity index (χ3n) is 4.94. The maximum absolute atomic E-state index is 9.60. The Morgan fingerprint density at radius 1 is 1.09 bits per heavy atom. The van der Waals surface area contributed by atoms with Crippen molar-refractivity contribution in [1.29, 1.82) is 0 Å². The highest BCUT2D eigenvalue weighted by atomic mass is 16.5. The van der Waals surface area contributed by atoms with E-state index in [9.17, 15) is 5.11 Å². The Morgan fingerprint density at radius 2 is 1.88 bits per heavy atom. The quantitative estimate of drug-likeness (QED) is 0.436. The molecule has 0 radical (unpaired) electrons. The van der Waals surface area contributed by atoms with E-state index in [1.54, 1.807) is 0 Å². The number of anilines is 1. The lowest BCUT2D eigenvalue weighted by Gasteiger charge is -2.16. The van der Waals surface area contributed by atoms with Gasteiger partial charge in [0.05, 0.1) is 6.61 Å². The van der Waals surface area contributed by atoms with Crippen molar-refractivity contribution >= 4 is 5.82 Å². The number of rotatable bonds is 10. The molecule has 0 amide bonds. The Morgan fingerprint density at radius 3 is 2.56 bits per heavy atom. The Bertz CT molecular complexity index is 1050. The number of hydrogen-bond acceptors (Lipinski definition) is 8. The number of hydrogen-bond donors (Lipinski definition) is 3. The van der Waals surface area contributed by atoms with Crippen molar-refractivity contribution in [1.82, 2.24) is 15.1 Å². The Balaban J connectivity index is 1.87. The maximum atomic E-state index is 9.60. The van der Waals surface area contributed by atoms with Gasteiger partial charge in [-0.05, 0) is 61.6 Å². The van der Waals surface area contributed by atoms with E-state index in [4.69, 9.17) is 14.4 Å². The molecule has 1 aromatic carbocycles. The smallest absolute Gasteiger partial charge is 0.258 e. The molecule has 0 unspecified atom stereocenters. The molecule has 1 atom stereocenters. The molecule has 3 aromatic rings. The number of nitrogens with one attached hydrogen (secondary N) is 1. The minimum atomic E-state index is -0.916. The molecule has 2 aromatic heterocycles. The van der Waals surface area contributed by atoms with Crippen molar-refractivity contribution in [2.45, 2.75) is 47.1 Å². The SMILES string of the molecule is CCc1cc(-c2nc(-c3cc(C)nc(NCC(C)C)c3)no2)cc(C)c1OC[C@H](O)CO. The number of aliphatic hydroxyl groups excluding tert-OH is 2. The number of aromatic nitrogens is 3. The van der Waals surface area contributed by atoms with E-state index >= 15 is 0 Å². The minimum Gasteiger partial charge on any atom is -0.490 e. The Labute approximate surface area is 188 Å². The van der Waals surface area contributed by atoms with E-state index in [0.717, 1.165) is 46.7 Å². The van der Waals surface area contributed by atoms with E-state index in [-0.39, 0.29) is 13.2 Å². The summed E-state index contributed by atoms with van der Waals surface area (Å²) in [4.78, 5) is 9.15. The van der Waals surface area contributed by atoms with Crippen LogP contribution in [0.15, 0.2) is 28.8 Å². The largest absolute Gasteiger partial charge is 0.490 e. The van der Waals surface area contributed by atoms with Gasteiger partial charge in [-0.1, -0.05) is 25.9 Å². The third-order valence-corrected chi connectivity index (χ3v) is 4.94.